The van der Waals surface area contributed by atoms with Gasteiger partial charge in [-0.25, -0.2) is 4.79 Å². The lowest BCUT2D eigenvalue weighted by atomic mass is 10.1. The molecule has 0 spiro atoms. The van der Waals surface area contributed by atoms with Gasteiger partial charge in [0.1, 0.15) is 6.04 Å². The minimum atomic E-state index is -1.06. The highest BCUT2D eigenvalue weighted by Gasteiger charge is 2.19. The number of aliphatic carboxylic acids is 1. The summed E-state index contributed by atoms with van der Waals surface area (Å²) in [5.41, 5.74) is 0. The van der Waals surface area contributed by atoms with Crippen LogP contribution in [0.25, 0.3) is 0 Å². The van der Waals surface area contributed by atoms with Crippen molar-refractivity contribution in [1.82, 2.24) is 10.6 Å². The van der Waals surface area contributed by atoms with Crippen molar-refractivity contribution < 1.29 is 29.0 Å². The normalized spacial score (nSPS) is 11.7. The summed E-state index contributed by atoms with van der Waals surface area (Å²) in [5.74, 6) is -1.50. The molecule has 0 saturated heterocycles. The van der Waals surface area contributed by atoms with E-state index in [1.54, 1.807) is 0 Å². The molecule has 0 aliphatic carbocycles. The maximum absolute atomic E-state index is 11.5. The zero-order chi connectivity index (χ0) is 16.8. The second-order valence-corrected chi connectivity index (χ2v) is 4.79. The average molecular weight is 318 g/mol. The van der Waals surface area contributed by atoms with E-state index in [9.17, 15) is 14.4 Å². The fraction of sp³-hybridized carbons (Fsp3) is 0.786. The van der Waals surface area contributed by atoms with E-state index in [4.69, 9.17) is 14.6 Å². The number of carboxylic acids is 1. The molecule has 0 heterocycles. The second-order valence-electron chi connectivity index (χ2n) is 4.79. The minimum Gasteiger partial charge on any atom is -0.480 e. The monoisotopic (exact) mass is 318 g/mol. The van der Waals surface area contributed by atoms with E-state index in [1.807, 2.05) is 0 Å². The van der Waals surface area contributed by atoms with Gasteiger partial charge >= 0.3 is 5.97 Å². The maximum Gasteiger partial charge on any atom is 0.326 e. The van der Waals surface area contributed by atoms with Crippen molar-refractivity contribution in [3.8, 4) is 0 Å². The van der Waals surface area contributed by atoms with E-state index in [2.05, 4.69) is 10.6 Å². The number of rotatable bonds is 13. The van der Waals surface area contributed by atoms with E-state index in [1.165, 1.54) is 14.2 Å². The summed E-state index contributed by atoms with van der Waals surface area (Å²) >= 11 is 0. The lowest BCUT2D eigenvalue weighted by Crippen LogP contribution is -2.41. The van der Waals surface area contributed by atoms with E-state index < -0.39 is 12.0 Å². The Morgan fingerprint density at radius 3 is 2.14 bits per heavy atom. The number of unbranched alkanes of at least 4 members (excludes halogenated alkanes) is 1. The Balaban J connectivity index is 3.84. The van der Waals surface area contributed by atoms with Crippen LogP contribution in [0.1, 0.15) is 32.1 Å². The Kier molecular flexibility index (Phi) is 12.0. The zero-order valence-electron chi connectivity index (χ0n) is 13.2. The van der Waals surface area contributed by atoms with Gasteiger partial charge in [-0.15, -0.1) is 0 Å². The van der Waals surface area contributed by atoms with Crippen LogP contribution in [-0.2, 0) is 23.9 Å². The molecule has 0 aliphatic heterocycles. The molecule has 1 unspecified atom stereocenters. The molecule has 0 radical (unpaired) electrons. The van der Waals surface area contributed by atoms with Crippen LogP contribution in [0.15, 0.2) is 0 Å². The van der Waals surface area contributed by atoms with Gasteiger partial charge in [0.15, 0.2) is 0 Å². The quantitative estimate of drug-likeness (QED) is 0.409. The summed E-state index contributed by atoms with van der Waals surface area (Å²) < 4.78 is 9.55. The van der Waals surface area contributed by atoms with Crippen molar-refractivity contribution in [2.24, 2.45) is 0 Å². The number of carbonyl (C=O) groups excluding carboxylic acids is 2. The Bertz CT molecular complexity index is 348. The van der Waals surface area contributed by atoms with Gasteiger partial charge < -0.3 is 25.2 Å². The molecule has 3 N–H and O–H groups in total. The lowest BCUT2D eigenvalue weighted by Gasteiger charge is -2.14. The number of hydrogen-bond donors (Lipinski definition) is 3. The summed E-state index contributed by atoms with van der Waals surface area (Å²) in [6.45, 7) is 1.11. The second kappa shape index (κ2) is 13.0. The molecule has 0 aromatic heterocycles. The molecule has 8 nitrogen and oxygen atoms in total. The third kappa shape index (κ3) is 11.0. The molecule has 8 heteroatoms. The first-order valence-electron chi connectivity index (χ1n) is 7.28. The van der Waals surface area contributed by atoms with E-state index in [0.717, 1.165) is 0 Å². The molecule has 0 aromatic rings. The van der Waals surface area contributed by atoms with Crippen LogP contribution in [0.3, 0.4) is 0 Å². The van der Waals surface area contributed by atoms with Crippen molar-refractivity contribution in [2.45, 2.75) is 38.1 Å². The predicted octanol–water partition coefficient (Wildman–Crippen LogP) is -0.0847. The van der Waals surface area contributed by atoms with Crippen LogP contribution in [0, 0.1) is 0 Å². The van der Waals surface area contributed by atoms with Crippen LogP contribution in [-0.4, -0.2) is 62.9 Å². The predicted molar refractivity (Wildman–Crippen MR) is 79.4 cm³/mol. The van der Waals surface area contributed by atoms with Gasteiger partial charge in [-0.3, -0.25) is 9.59 Å². The molecular weight excluding hydrogens is 292 g/mol. The van der Waals surface area contributed by atoms with Crippen molar-refractivity contribution in [3.63, 3.8) is 0 Å². The van der Waals surface area contributed by atoms with Gasteiger partial charge in [-0.2, -0.15) is 0 Å². The number of amides is 2. The Labute approximate surface area is 130 Å². The van der Waals surface area contributed by atoms with Crippen molar-refractivity contribution in [1.29, 1.82) is 0 Å². The van der Waals surface area contributed by atoms with Gasteiger partial charge in [-0.05, 0) is 19.3 Å². The maximum atomic E-state index is 11.5. The van der Waals surface area contributed by atoms with Crippen LogP contribution in [0.5, 0.6) is 0 Å². The summed E-state index contributed by atoms with van der Waals surface area (Å²) in [6.07, 6.45) is 2.00. The molecule has 0 fully saturated rings. The molecule has 2 amide bonds. The standard InChI is InChI=1S/C14H26N2O6/c1-21-9-6-12(17)15-8-4-3-5-11(14(19)20)16-13(18)7-10-22-2/h11H,3-10H2,1-2H3,(H,15,17)(H,16,18)(H,19,20). The fourth-order valence-electron chi connectivity index (χ4n) is 1.70. The van der Waals surface area contributed by atoms with Gasteiger partial charge in [0, 0.05) is 33.6 Å². The molecule has 0 aliphatic rings. The van der Waals surface area contributed by atoms with Crippen LogP contribution in [0.2, 0.25) is 0 Å². The van der Waals surface area contributed by atoms with Gasteiger partial charge in [0.25, 0.3) is 0 Å². The highest BCUT2D eigenvalue weighted by molar-refractivity contribution is 5.83. The molecule has 0 aromatic carbocycles. The van der Waals surface area contributed by atoms with E-state index in [-0.39, 0.29) is 24.8 Å². The number of nitrogens with one attached hydrogen (secondary N) is 2. The first-order chi connectivity index (χ1) is 10.5. The van der Waals surface area contributed by atoms with Crippen LogP contribution >= 0.6 is 0 Å². The summed E-state index contributed by atoms with van der Waals surface area (Å²) in [7, 11) is 3.00. The summed E-state index contributed by atoms with van der Waals surface area (Å²) in [6, 6.07) is -0.909. The van der Waals surface area contributed by atoms with Crippen molar-refractivity contribution in [3.05, 3.63) is 0 Å². The number of carbonyl (C=O) groups is 3. The van der Waals surface area contributed by atoms with E-state index in [0.29, 0.717) is 38.8 Å². The Morgan fingerprint density at radius 2 is 1.59 bits per heavy atom. The van der Waals surface area contributed by atoms with E-state index >= 15 is 0 Å². The Morgan fingerprint density at radius 1 is 1.00 bits per heavy atom. The van der Waals surface area contributed by atoms with Gasteiger partial charge in [0.05, 0.1) is 13.2 Å². The van der Waals surface area contributed by atoms with Crippen LogP contribution in [0.4, 0.5) is 0 Å². The fourth-order valence-corrected chi connectivity index (χ4v) is 1.70. The minimum absolute atomic E-state index is 0.0931. The van der Waals surface area contributed by atoms with Gasteiger partial charge in [-0.1, -0.05) is 0 Å². The topological polar surface area (TPSA) is 114 Å². The first-order valence-corrected chi connectivity index (χ1v) is 7.28. The molecule has 0 bridgehead atoms. The number of hydrogen-bond acceptors (Lipinski definition) is 5. The Hall–Kier alpha value is -1.67. The highest BCUT2D eigenvalue weighted by atomic mass is 16.5. The van der Waals surface area contributed by atoms with Crippen LogP contribution < -0.4 is 10.6 Å². The third-order valence-electron chi connectivity index (χ3n) is 2.94. The summed E-state index contributed by atoms with van der Waals surface area (Å²) in [4.78, 5) is 33.8. The first kappa shape index (κ1) is 20.3. The molecule has 128 valence electrons. The molecule has 1 atom stereocenters. The zero-order valence-corrected chi connectivity index (χ0v) is 13.2. The number of methoxy groups -OCH3 is 2. The molecule has 0 rings (SSSR count). The van der Waals surface area contributed by atoms with Crippen molar-refractivity contribution in [2.75, 3.05) is 34.0 Å². The highest BCUT2D eigenvalue weighted by Crippen LogP contribution is 2.02. The van der Waals surface area contributed by atoms with Crippen molar-refractivity contribution >= 4 is 17.8 Å². The molecule has 22 heavy (non-hydrogen) atoms. The number of ether oxygens (including phenoxy) is 2. The smallest absolute Gasteiger partial charge is 0.326 e. The number of carboxylic acid groups (broad SMARTS) is 1. The lowest BCUT2D eigenvalue weighted by molar-refractivity contribution is -0.142. The largest absolute Gasteiger partial charge is 0.480 e. The van der Waals surface area contributed by atoms with Gasteiger partial charge in [0.2, 0.25) is 11.8 Å². The SMILES string of the molecule is COCCC(=O)NCCCCC(NC(=O)CCOC)C(=O)O. The average Bonchev–Trinajstić information content (AvgIpc) is 2.49. The summed E-state index contributed by atoms with van der Waals surface area (Å²) in [5, 5.41) is 14.2. The molecular formula is C14H26N2O6. The third-order valence-corrected chi connectivity index (χ3v) is 2.94. The molecule has 0 saturated carbocycles.